The van der Waals surface area contributed by atoms with Gasteiger partial charge in [-0.05, 0) is 70.0 Å². The summed E-state index contributed by atoms with van der Waals surface area (Å²) in [7, 11) is 0. The van der Waals surface area contributed by atoms with Crippen LogP contribution in [0.5, 0.6) is 0 Å². The van der Waals surface area contributed by atoms with Gasteiger partial charge in [-0.15, -0.1) is 0 Å². The lowest BCUT2D eigenvalue weighted by Crippen LogP contribution is -2.41. The van der Waals surface area contributed by atoms with Crippen LogP contribution in [0.1, 0.15) is 39.6 Å². The molecule has 0 aliphatic rings. The fourth-order valence-electron chi connectivity index (χ4n) is 4.38. The van der Waals surface area contributed by atoms with Crippen molar-refractivity contribution in [3.05, 3.63) is 103 Å². The van der Waals surface area contributed by atoms with E-state index in [1.54, 1.807) is 25.3 Å². The van der Waals surface area contributed by atoms with Crippen molar-refractivity contribution < 1.29 is 8.83 Å². The summed E-state index contributed by atoms with van der Waals surface area (Å²) in [6.07, 6.45) is 1.55. The molecule has 8 nitrogen and oxygen atoms in total. The first-order valence-electron chi connectivity index (χ1n) is 11.4. The van der Waals surface area contributed by atoms with Gasteiger partial charge >= 0.3 is 5.69 Å². The predicted molar refractivity (Wildman–Crippen MR) is 133 cm³/mol. The van der Waals surface area contributed by atoms with E-state index < -0.39 is 11.2 Å². The van der Waals surface area contributed by atoms with Gasteiger partial charge in [0, 0.05) is 11.3 Å². The Morgan fingerprint density at radius 1 is 0.886 bits per heavy atom. The highest BCUT2D eigenvalue weighted by Gasteiger charge is 2.21. The largest absolute Gasteiger partial charge is 0.467 e. The summed E-state index contributed by atoms with van der Waals surface area (Å²) in [6, 6.07) is 11.5. The normalized spacial score (nSPS) is 11.5. The van der Waals surface area contributed by atoms with Crippen molar-refractivity contribution in [1.29, 1.82) is 0 Å². The van der Waals surface area contributed by atoms with E-state index in [-0.39, 0.29) is 13.1 Å². The van der Waals surface area contributed by atoms with E-state index in [4.69, 9.17) is 8.83 Å². The van der Waals surface area contributed by atoms with E-state index in [9.17, 15) is 9.59 Å². The molecule has 1 aromatic carbocycles. The monoisotopic (exact) mass is 470 g/mol. The fraction of sp³-hybridized carbons (Fsp3) is 0.259. The molecular weight excluding hydrogens is 444 g/mol. The molecule has 178 valence electrons. The van der Waals surface area contributed by atoms with Gasteiger partial charge in [-0.25, -0.2) is 14.8 Å². The summed E-state index contributed by atoms with van der Waals surface area (Å²) in [5.74, 6) is 1.62. The zero-order valence-electron chi connectivity index (χ0n) is 20.4. The second-order valence-corrected chi connectivity index (χ2v) is 8.96. The molecule has 35 heavy (non-hydrogen) atoms. The predicted octanol–water partition coefficient (Wildman–Crippen LogP) is 4.44. The fourth-order valence-corrected chi connectivity index (χ4v) is 4.38. The van der Waals surface area contributed by atoms with Crippen molar-refractivity contribution in [2.45, 2.75) is 47.7 Å². The molecule has 0 N–H and O–H groups in total. The molecule has 0 aliphatic carbocycles. The Bertz CT molecular complexity index is 1690. The number of nitrogens with zero attached hydrogens (tertiary/aromatic N) is 4. The number of aryl methyl sites for hydroxylation is 5. The van der Waals surface area contributed by atoms with Crippen LogP contribution in [0.3, 0.4) is 0 Å². The molecule has 0 fully saturated rings. The molecule has 5 rings (SSSR count). The van der Waals surface area contributed by atoms with Crippen LogP contribution in [0.15, 0.2) is 61.1 Å². The van der Waals surface area contributed by atoms with E-state index >= 15 is 0 Å². The maximum Gasteiger partial charge on any atom is 0.333 e. The maximum absolute atomic E-state index is 13.6. The summed E-state index contributed by atoms with van der Waals surface area (Å²) in [5, 5.41) is 0.401. The third-order valence-electron chi connectivity index (χ3n) is 6.22. The molecule has 0 radical (unpaired) electrons. The lowest BCUT2D eigenvalue weighted by molar-refractivity contribution is 0.483. The Morgan fingerprint density at radius 2 is 1.69 bits per heavy atom. The minimum atomic E-state index is -0.480. The van der Waals surface area contributed by atoms with Crippen molar-refractivity contribution in [1.82, 2.24) is 19.1 Å². The van der Waals surface area contributed by atoms with Crippen LogP contribution in [0, 0.1) is 34.6 Å². The zero-order valence-corrected chi connectivity index (χ0v) is 20.4. The summed E-state index contributed by atoms with van der Waals surface area (Å²) in [6.45, 7) is 9.63. The maximum atomic E-state index is 13.6. The SMILES string of the molecule is Cc1ccc(C)c(-c2nc(Cn3c(=O)c4c(C)cc(C)nc4n(Cc4ccco4)c3=O)c(C)o2)c1. The second-order valence-electron chi connectivity index (χ2n) is 8.96. The molecule has 8 heteroatoms. The molecule has 0 saturated carbocycles. The topological polar surface area (TPSA) is 96.1 Å². The van der Waals surface area contributed by atoms with Gasteiger partial charge in [-0.1, -0.05) is 17.7 Å². The number of benzene rings is 1. The minimum Gasteiger partial charge on any atom is -0.467 e. The summed E-state index contributed by atoms with van der Waals surface area (Å²) in [5.41, 5.74) is 4.49. The van der Waals surface area contributed by atoms with Crippen molar-refractivity contribution in [2.24, 2.45) is 0 Å². The minimum absolute atomic E-state index is 0.0146. The Labute approximate surface area is 201 Å². The molecule has 5 aromatic rings. The second kappa shape index (κ2) is 8.54. The van der Waals surface area contributed by atoms with Gasteiger partial charge in [0.2, 0.25) is 5.89 Å². The number of fused-ring (bicyclic) bond motifs is 1. The molecule has 0 bridgehead atoms. The van der Waals surface area contributed by atoms with E-state index in [1.807, 2.05) is 52.0 Å². The van der Waals surface area contributed by atoms with Crippen molar-refractivity contribution in [2.75, 3.05) is 0 Å². The van der Waals surface area contributed by atoms with Gasteiger partial charge in [0.15, 0.2) is 5.65 Å². The smallest absolute Gasteiger partial charge is 0.333 e. The van der Waals surface area contributed by atoms with Crippen LogP contribution in [0.25, 0.3) is 22.5 Å². The highest BCUT2D eigenvalue weighted by molar-refractivity contribution is 5.78. The van der Waals surface area contributed by atoms with Crippen LogP contribution in [-0.4, -0.2) is 19.1 Å². The first-order chi connectivity index (χ1) is 16.7. The van der Waals surface area contributed by atoms with Crippen LogP contribution in [0.4, 0.5) is 0 Å². The number of rotatable bonds is 5. The Kier molecular flexibility index (Phi) is 5.51. The van der Waals surface area contributed by atoms with E-state index in [2.05, 4.69) is 9.97 Å². The van der Waals surface area contributed by atoms with Crippen LogP contribution in [-0.2, 0) is 13.1 Å². The van der Waals surface area contributed by atoms with Gasteiger partial charge in [-0.2, -0.15) is 0 Å². The Balaban J connectivity index is 1.68. The molecule has 0 atom stereocenters. The van der Waals surface area contributed by atoms with Crippen LogP contribution < -0.4 is 11.2 Å². The van der Waals surface area contributed by atoms with Gasteiger partial charge in [0.1, 0.15) is 17.2 Å². The van der Waals surface area contributed by atoms with Crippen molar-refractivity contribution in [3.8, 4) is 11.5 Å². The number of aromatic nitrogens is 4. The molecule has 4 aromatic heterocycles. The molecular formula is C27H26N4O4. The van der Waals surface area contributed by atoms with Crippen LogP contribution in [0.2, 0.25) is 0 Å². The first kappa shape index (κ1) is 22.6. The number of oxazole rings is 1. The highest BCUT2D eigenvalue weighted by Crippen LogP contribution is 2.26. The third-order valence-corrected chi connectivity index (χ3v) is 6.22. The third kappa shape index (κ3) is 4.01. The summed E-state index contributed by atoms with van der Waals surface area (Å²) >= 11 is 0. The lowest BCUT2D eigenvalue weighted by atomic mass is 10.1. The summed E-state index contributed by atoms with van der Waals surface area (Å²) in [4.78, 5) is 36.4. The Hall–Kier alpha value is -4.20. The molecule has 0 amide bonds. The molecule has 0 spiro atoms. The lowest BCUT2D eigenvalue weighted by Gasteiger charge is -2.14. The van der Waals surface area contributed by atoms with E-state index in [0.29, 0.717) is 34.1 Å². The molecule has 0 saturated heterocycles. The average Bonchev–Trinajstić information content (AvgIpc) is 3.45. The van der Waals surface area contributed by atoms with Gasteiger partial charge in [0.05, 0.1) is 24.7 Å². The summed E-state index contributed by atoms with van der Waals surface area (Å²) < 4.78 is 14.1. The number of furan rings is 1. The number of hydrogen-bond donors (Lipinski definition) is 0. The van der Waals surface area contributed by atoms with Gasteiger partial charge in [-0.3, -0.25) is 13.9 Å². The first-order valence-corrected chi connectivity index (χ1v) is 11.4. The van der Waals surface area contributed by atoms with Gasteiger partial charge in [0.25, 0.3) is 5.56 Å². The zero-order chi connectivity index (χ0) is 24.9. The average molecular weight is 471 g/mol. The van der Waals surface area contributed by atoms with Crippen molar-refractivity contribution in [3.63, 3.8) is 0 Å². The van der Waals surface area contributed by atoms with E-state index in [1.165, 1.54) is 9.13 Å². The van der Waals surface area contributed by atoms with E-state index in [0.717, 1.165) is 27.9 Å². The Morgan fingerprint density at radius 3 is 2.43 bits per heavy atom. The number of pyridine rings is 1. The molecule has 4 heterocycles. The van der Waals surface area contributed by atoms with Gasteiger partial charge < -0.3 is 8.83 Å². The molecule has 0 unspecified atom stereocenters. The standard InChI is InChI=1S/C27H26N4O4/c1-15-8-9-16(2)21(11-15)25-29-22(19(5)35-25)14-31-26(32)23-17(3)12-18(4)28-24(23)30(27(31)33)13-20-7-6-10-34-20/h6-12H,13-14H2,1-5H3. The van der Waals surface area contributed by atoms with Crippen LogP contribution >= 0.6 is 0 Å². The van der Waals surface area contributed by atoms with Crippen molar-refractivity contribution >= 4 is 11.0 Å². The number of hydrogen-bond acceptors (Lipinski definition) is 6. The quantitative estimate of drug-likeness (QED) is 0.377. The highest BCUT2D eigenvalue weighted by atomic mass is 16.4. The molecule has 0 aliphatic heterocycles.